The molecule has 0 aliphatic carbocycles. The molecule has 0 spiro atoms. The Bertz CT molecular complexity index is 470. The molecule has 1 heterocycles. The summed E-state index contributed by atoms with van der Waals surface area (Å²) >= 11 is 1.30. The van der Waals surface area contributed by atoms with Crippen LogP contribution in [0, 0.1) is 10.7 Å². The summed E-state index contributed by atoms with van der Waals surface area (Å²) in [5.74, 6) is -2.45. The van der Waals surface area contributed by atoms with Crippen molar-refractivity contribution in [3.05, 3.63) is 24.0 Å². The topological polar surface area (TPSA) is 102 Å². The Morgan fingerprint density at radius 2 is 2.15 bits per heavy atom. The minimum absolute atomic E-state index is 0.178. The Balaban J connectivity index is 0.000000370. The molecule has 0 saturated heterocycles. The fourth-order valence-electron chi connectivity index (χ4n) is 1.36. The van der Waals surface area contributed by atoms with Gasteiger partial charge in [0, 0.05) is 18.7 Å². The first-order chi connectivity index (χ1) is 9.26. The second-order valence-corrected chi connectivity index (χ2v) is 5.21. The number of carboxylic acid groups (broad SMARTS) is 2. The molecule has 8 heteroatoms. The quantitative estimate of drug-likeness (QED) is 0.350. The molecule has 2 N–H and O–H groups in total. The van der Waals surface area contributed by atoms with E-state index in [0.29, 0.717) is 9.96 Å². The Labute approximate surface area is 122 Å². The van der Waals surface area contributed by atoms with Crippen molar-refractivity contribution >= 4 is 23.9 Å². The van der Waals surface area contributed by atoms with E-state index < -0.39 is 11.9 Å². The minimum Gasteiger partial charge on any atom is -0.478 e. The van der Waals surface area contributed by atoms with Gasteiger partial charge in [-0.05, 0) is 13.8 Å². The molecule has 0 bridgehead atoms. The summed E-state index contributed by atoms with van der Waals surface area (Å²) in [5.41, 5.74) is -0.178. The number of carboxylic acids is 2. The van der Waals surface area contributed by atoms with Gasteiger partial charge in [-0.15, -0.1) is 0 Å². The molecular weight excluding hydrogens is 282 g/mol. The Morgan fingerprint density at radius 3 is 2.40 bits per heavy atom. The lowest BCUT2D eigenvalue weighted by Gasteiger charge is -2.24. The third kappa shape index (κ3) is 6.26. The van der Waals surface area contributed by atoms with Crippen molar-refractivity contribution in [1.29, 1.82) is 5.26 Å². The van der Waals surface area contributed by atoms with Crippen LogP contribution in [0.2, 0.25) is 0 Å². The predicted molar refractivity (Wildman–Crippen MR) is 74.8 cm³/mol. The van der Waals surface area contributed by atoms with E-state index in [-0.39, 0.29) is 5.57 Å². The predicted octanol–water partition coefficient (Wildman–Crippen LogP) is 1.43. The molecule has 0 radical (unpaired) electrons. The number of hydrogen-bond donors (Lipinski definition) is 2. The molecule has 1 unspecified atom stereocenters. The number of nitriles is 1. The Hall–Kier alpha value is -1.98. The first kappa shape index (κ1) is 18.0. The number of nitrogens with zero attached hydrogens (tertiary/aromatic N) is 3. The van der Waals surface area contributed by atoms with Crippen LogP contribution in [-0.4, -0.2) is 51.2 Å². The summed E-state index contributed by atoms with van der Waals surface area (Å²) in [4.78, 5) is 21.8. The number of carbonyl (C=O) groups is 2. The lowest BCUT2D eigenvalue weighted by molar-refractivity contribution is -0.739. The molecule has 1 atom stereocenters. The van der Waals surface area contributed by atoms with Crippen molar-refractivity contribution in [1.82, 2.24) is 4.90 Å². The fraction of sp³-hybridized carbons (Fsp3) is 0.417. The highest BCUT2D eigenvalue weighted by Crippen LogP contribution is 2.27. The standard InChI is InChI=1S/C7H12N3S.C5H6O4/c1-3-10(11-6-8)5-4-9(2)7-10;1-3(5(8)9)2-4(6)7/h4-5H,3,7H2,1-2H3;2H,1H3,(H,6,7)(H,8,9)/q+1;/b;3-2-. The molecule has 7 nitrogen and oxygen atoms in total. The number of hydrogen-bond acceptors (Lipinski definition) is 5. The van der Waals surface area contributed by atoms with Crippen LogP contribution in [0.3, 0.4) is 0 Å². The van der Waals surface area contributed by atoms with Crippen LogP contribution < -0.4 is 0 Å². The van der Waals surface area contributed by atoms with Crippen molar-refractivity contribution < 1.29 is 23.7 Å². The smallest absolute Gasteiger partial charge is 0.331 e. The summed E-state index contributed by atoms with van der Waals surface area (Å²) in [6.07, 6.45) is 4.73. The van der Waals surface area contributed by atoms with Gasteiger partial charge in [-0.25, -0.2) is 13.5 Å². The lowest BCUT2D eigenvalue weighted by atomic mass is 10.3. The van der Waals surface area contributed by atoms with Crippen molar-refractivity contribution in [2.45, 2.75) is 13.8 Å². The average molecular weight is 300 g/mol. The molecule has 110 valence electrons. The maximum atomic E-state index is 9.90. The highest BCUT2D eigenvalue weighted by atomic mass is 32.2. The van der Waals surface area contributed by atoms with E-state index in [9.17, 15) is 9.59 Å². The van der Waals surface area contributed by atoms with Crippen LogP contribution in [0.15, 0.2) is 24.0 Å². The van der Waals surface area contributed by atoms with Crippen LogP contribution >= 0.6 is 11.9 Å². The summed E-state index contributed by atoms with van der Waals surface area (Å²) in [6.45, 7) is 5.16. The maximum Gasteiger partial charge on any atom is 0.331 e. The third-order valence-corrected chi connectivity index (χ3v) is 3.43. The molecular formula is C12H18N3O4S+. The summed E-state index contributed by atoms with van der Waals surface area (Å²) < 4.78 is 0.701. The SMILES string of the molecule is C/C(=C/C(=O)O)C(=O)O.CC[N+]1(SC#N)C=CN(C)C1. The fourth-order valence-corrected chi connectivity index (χ4v) is 2.01. The van der Waals surface area contributed by atoms with Gasteiger partial charge >= 0.3 is 11.9 Å². The monoisotopic (exact) mass is 300 g/mol. The van der Waals surface area contributed by atoms with Crippen LogP contribution in [-0.2, 0) is 9.59 Å². The van der Waals surface area contributed by atoms with Gasteiger partial charge in [-0.3, -0.25) is 0 Å². The van der Waals surface area contributed by atoms with E-state index in [0.717, 1.165) is 13.2 Å². The van der Waals surface area contributed by atoms with E-state index in [1.807, 2.05) is 13.2 Å². The van der Waals surface area contributed by atoms with Gasteiger partial charge in [-0.2, -0.15) is 5.26 Å². The third-order valence-electron chi connectivity index (χ3n) is 2.49. The van der Waals surface area contributed by atoms with Crippen molar-refractivity contribution in [2.24, 2.45) is 0 Å². The minimum atomic E-state index is -1.24. The zero-order valence-electron chi connectivity index (χ0n) is 11.6. The molecule has 0 saturated carbocycles. The van der Waals surface area contributed by atoms with Crippen LogP contribution in [0.4, 0.5) is 0 Å². The van der Waals surface area contributed by atoms with Gasteiger partial charge in [-0.1, -0.05) is 0 Å². The van der Waals surface area contributed by atoms with Gasteiger partial charge in [0.2, 0.25) is 11.9 Å². The maximum absolute atomic E-state index is 9.90. The number of quaternary nitrogens is 1. The van der Waals surface area contributed by atoms with E-state index in [1.54, 1.807) is 0 Å². The van der Waals surface area contributed by atoms with Crippen LogP contribution in [0.5, 0.6) is 0 Å². The largest absolute Gasteiger partial charge is 0.478 e. The highest BCUT2D eigenvalue weighted by molar-refractivity contribution is 7.98. The normalized spacial score (nSPS) is 20.9. The van der Waals surface area contributed by atoms with Gasteiger partial charge in [0.05, 0.1) is 12.7 Å². The second-order valence-electron chi connectivity index (χ2n) is 4.12. The Kier molecular flexibility index (Phi) is 7.43. The first-order valence-corrected chi connectivity index (χ1v) is 6.52. The molecule has 0 aromatic heterocycles. The van der Waals surface area contributed by atoms with Gasteiger partial charge in [0.15, 0.2) is 12.1 Å². The van der Waals surface area contributed by atoms with E-state index in [2.05, 4.69) is 23.4 Å². The van der Waals surface area contributed by atoms with Crippen LogP contribution in [0.1, 0.15) is 13.8 Å². The highest BCUT2D eigenvalue weighted by Gasteiger charge is 2.30. The molecule has 20 heavy (non-hydrogen) atoms. The van der Waals surface area contributed by atoms with E-state index in [4.69, 9.17) is 15.5 Å². The number of rotatable bonds is 4. The summed E-state index contributed by atoms with van der Waals surface area (Å²) in [5, 5.41) is 26.8. The number of thiocyanates is 1. The molecule has 0 amide bonds. The lowest BCUT2D eigenvalue weighted by Crippen LogP contribution is -2.36. The van der Waals surface area contributed by atoms with Gasteiger partial charge < -0.3 is 15.1 Å². The van der Waals surface area contributed by atoms with E-state index >= 15 is 0 Å². The van der Waals surface area contributed by atoms with E-state index in [1.165, 1.54) is 18.9 Å². The first-order valence-electron chi connectivity index (χ1n) is 5.75. The number of aliphatic carboxylic acids is 2. The van der Waals surface area contributed by atoms with Crippen molar-refractivity contribution in [3.63, 3.8) is 0 Å². The summed E-state index contributed by atoms with van der Waals surface area (Å²) in [6, 6.07) is 0. The van der Waals surface area contributed by atoms with Gasteiger partial charge in [0.25, 0.3) is 0 Å². The molecule has 0 aromatic carbocycles. The Morgan fingerprint density at radius 1 is 1.55 bits per heavy atom. The molecule has 0 aromatic rings. The van der Waals surface area contributed by atoms with Crippen molar-refractivity contribution in [2.75, 3.05) is 20.3 Å². The van der Waals surface area contributed by atoms with Gasteiger partial charge in [0.1, 0.15) is 6.20 Å². The molecule has 1 aliphatic heterocycles. The summed E-state index contributed by atoms with van der Waals surface area (Å²) in [7, 11) is 2.02. The molecule has 0 fully saturated rings. The van der Waals surface area contributed by atoms with Crippen LogP contribution in [0.25, 0.3) is 0 Å². The zero-order chi connectivity index (χ0) is 15.8. The average Bonchev–Trinajstić information content (AvgIpc) is 2.72. The second kappa shape index (κ2) is 8.24. The zero-order valence-corrected chi connectivity index (χ0v) is 12.4. The van der Waals surface area contributed by atoms with Crippen molar-refractivity contribution in [3.8, 4) is 5.40 Å². The molecule has 1 rings (SSSR count). The molecule has 1 aliphatic rings.